The van der Waals surface area contributed by atoms with E-state index in [1.54, 1.807) is 0 Å². The topological polar surface area (TPSA) is 44.4 Å². The van der Waals surface area contributed by atoms with Crippen molar-refractivity contribution in [3.63, 3.8) is 0 Å². The summed E-state index contributed by atoms with van der Waals surface area (Å²) in [5, 5.41) is 5.87. The van der Waals surface area contributed by atoms with Crippen LogP contribution in [0.4, 0.5) is 0 Å². The van der Waals surface area contributed by atoms with Crippen LogP contribution in [-0.2, 0) is 4.79 Å². The number of unbranched alkanes of at least 4 members (excludes halogenated alkanes) is 1. The van der Waals surface area contributed by atoms with E-state index < -0.39 is 0 Å². The number of carbonyl (C=O) groups excluding carboxylic acids is 1. The standard InChI is InChI=1S/C12H27N3O/c1-4-6-10-15(9-5-2)11-12(16)14-8-7-13-3/h13H,4-11H2,1-3H3,(H,14,16)/i2D. The number of hydrogen-bond donors (Lipinski definition) is 2. The predicted octanol–water partition coefficient (Wildman–Crippen LogP) is 0.834. The Labute approximate surface area is 101 Å². The molecule has 0 fully saturated rings. The fourth-order valence-electron chi connectivity index (χ4n) is 1.46. The van der Waals surface area contributed by atoms with Crippen LogP contribution < -0.4 is 10.6 Å². The van der Waals surface area contributed by atoms with E-state index in [4.69, 9.17) is 1.37 Å². The summed E-state index contributed by atoms with van der Waals surface area (Å²) < 4.78 is 7.16. The van der Waals surface area contributed by atoms with E-state index in [1.807, 2.05) is 7.05 Å². The van der Waals surface area contributed by atoms with Gasteiger partial charge in [-0.25, -0.2) is 0 Å². The van der Waals surface area contributed by atoms with Crippen LogP contribution in [0.2, 0.25) is 0 Å². The van der Waals surface area contributed by atoms with E-state index in [-0.39, 0.29) is 5.91 Å². The van der Waals surface area contributed by atoms with Gasteiger partial charge in [0.05, 0.1) is 6.54 Å². The molecule has 16 heavy (non-hydrogen) atoms. The van der Waals surface area contributed by atoms with Crippen molar-refractivity contribution in [2.45, 2.75) is 33.1 Å². The van der Waals surface area contributed by atoms with Crippen molar-refractivity contribution in [3.8, 4) is 0 Å². The fraction of sp³-hybridized carbons (Fsp3) is 0.917. The lowest BCUT2D eigenvalue weighted by atomic mass is 10.3. The number of nitrogens with zero attached hydrogens (tertiary/aromatic N) is 1. The Hall–Kier alpha value is -0.610. The van der Waals surface area contributed by atoms with Crippen LogP contribution in [-0.4, -0.2) is 50.6 Å². The van der Waals surface area contributed by atoms with E-state index in [2.05, 4.69) is 22.5 Å². The van der Waals surface area contributed by atoms with Gasteiger partial charge in [-0.05, 0) is 33.0 Å². The molecule has 0 atom stereocenters. The summed E-state index contributed by atoms with van der Waals surface area (Å²) in [5.74, 6) is 0.0846. The van der Waals surface area contributed by atoms with Crippen molar-refractivity contribution in [1.82, 2.24) is 15.5 Å². The average molecular weight is 230 g/mol. The molecule has 0 spiro atoms. The molecule has 0 aromatic carbocycles. The smallest absolute Gasteiger partial charge is 0.234 e. The number of carbonyl (C=O) groups is 1. The molecule has 4 nitrogen and oxygen atoms in total. The Kier molecular flexibility index (Phi) is 9.16. The van der Waals surface area contributed by atoms with Crippen molar-refractivity contribution in [2.75, 3.05) is 39.8 Å². The van der Waals surface area contributed by atoms with E-state index in [0.29, 0.717) is 20.0 Å². The summed E-state index contributed by atoms with van der Waals surface area (Å²) in [6.45, 7) is 6.32. The zero-order valence-electron chi connectivity index (χ0n) is 11.7. The molecule has 0 heterocycles. The first kappa shape index (κ1) is 13.5. The minimum atomic E-state index is 0.0846. The normalized spacial score (nSPS) is 11.6. The Morgan fingerprint density at radius 1 is 1.31 bits per heavy atom. The number of nitrogens with one attached hydrogen (secondary N) is 2. The van der Waals surface area contributed by atoms with E-state index >= 15 is 0 Å². The third kappa shape index (κ3) is 8.68. The molecule has 0 aromatic rings. The molecule has 1 amide bonds. The number of amides is 1. The van der Waals surface area contributed by atoms with Crippen molar-refractivity contribution in [1.29, 1.82) is 0 Å². The number of hydrogen-bond acceptors (Lipinski definition) is 3. The molecule has 0 aliphatic rings. The molecule has 0 rings (SSSR count). The van der Waals surface area contributed by atoms with Gasteiger partial charge >= 0.3 is 0 Å². The molecule has 0 saturated heterocycles. The van der Waals surface area contributed by atoms with Crippen LogP contribution in [0.1, 0.15) is 34.5 Å². The third-order valence-corrected chi connectivity index (χ3v) is 2.37. The van der Waals surface area contributed by atoms with Crippen LogP contribution in [0.25, 0.3) is 0 Å². The maximum absolute atomic E-state index is 11.6. The summed E-state index contributed by atoms with van der Waals surface area (Å²) in [7, 11) is 1.87. The lowest BCUT2D eigenvalue weighted by Gasteiger charge is -2.20. The Bertz CT molecular complexity index is 183. The Morgan fingerprint density at radius 3 is 2.75 bits per heavy atom. The second kappa shape index (κ2) is 10.9. The van der Waals surface area contributed by atoms with Crippen molar-refractivity contribution in [2.24, 2.45) is 0 Å². The van der Waals surface area contributed by atoms with Gasteiger partial charge in [0.1, 0.15) is 0 Å². The van der Waals surface area contributed by atoms with Crippen LogP contribution >= 0.6 is 0 Å². The zero-order chi connectivity index (χ0) is 12.9. The molecular weight excluding hydrogens is 202 g/mol. The van der Waals surface area contributed by atoms with Gasteiger partial charge in [-0.3, -0.25) is 9.69 Å². The monoisotopic (exact) mass is 230 g/mol. The van der Waals surface area contributed by atoms with Crippen LogP contribution in [0, 0.1) is 0 Å². The predicted molar refractivity (Wildman–Crippen MR) is 68.6 cm³/mol. The van der Waals surface area contributed by atoms with Gasteiger partial charge in [0.2, 0.25) is 5.91 Å². The molecule has 0 aromatic heterocycles. The van der Waals surface area contributed by atoms with Crippen LogP contribution in [0.15, 0.2) is 0 Å². The van der Waals surface area contributed by atoms with Gasteiger partial charge in [0.25, 0.3) is 0 Å². The third-order valence-electron chi connectivity index (χ3n) is 2.37. The van der Waals surface area contributed by atoms with E-state index in [0.717, 1.165) is 38.9 Å². The zero-order valence-corrected chi connectivity index (χ0v) is 10.7. The molecule has 4 heteroatoms. The van der Waals surface area contributed by atoms with Crippen molar-refractivity contribution in [3.05, 3.63) is 0 Å². The van der Waals surface area contributed by atoms with Gasteiger partial charge in [-0.1, -0.05) is 20.2 Å². The minimum Gasteiger partial charge on any atom is -0.354 e. The van der Waals surface area contributed by atoms with Crippen LogP contribution in [0.5, 0.6) is 0 Å². The molecule has 96 valence electrons. The lowest BCUT2D eigenvalue weighted by Crippen LogP contribution is -2.40. The van der Waals surface area contributed by atoms with E-state index in [9.17, 15) is 4.79 Å². The van der Waals surface area contributed by atoms with Gasteiger partial charge < -0.3 is 10.6 Å². The second-order valence-corrected chi connectivity index (χ2v) is 3.94. The SMILES string of the molecule is [2H]CCCN(CCCC)CC(=O)NCCNC. The Balaban J connectivity index is 3.81. The van der Waals surface area contributed by atoms with E-state index in [1.165, 1.54) is 0 Å². The number of rotatable bonds is 10. The molecule has 0 aliphatic heterocycles. The largest absolute Gasteiger partial charge is 0.354 e. The summed E-state index contributed by atoms with van der Waals surface area (Å²) in [6, 6.07) is 0. The maximum Gasteiger partial charge on any atom is 0.234 e. The first-order chi connectivity index (χ1) is 8.24. The van der Waals surface area contributed by atoms with Gasteiger partial charge in [0, 0.05) is 14.5 Å². The maximum atomic E-state index is 11.6. The summed E-state index contributed by atoms with van der Waals surface area (Å²) >= 11 is 0. The lowest BCUT2D eigenvalue weighted by molar-refractivity contribution is -0.122. The van der Waals surface area contributed by atoms with Crippen molar-refractivity contribution < 1.29 is 6.17 Å². The molecular formula is C12H27N3O. The van der Waals surface area contributed by atoms with Gasteiger partial charge in [-0.2, -0.15) is 0 Å². The first-order valence-electron chi connectivity index (χ1n) is 6.88. The van der Waals surface area contributed by atoms with Crippen LogP contribution in [0.3, 0.4) is 0 Å². The fourth-order valence-corrected chi connectivity index (χ4v) is 1.46. The quantitative estimate of drug-likeness (QED) is 0.547. The molecule has 2 N–H and O–H groups in total. The van der Waals surface area contributed by atoms with Gasteiger partial charge in [0.15, 0.2) is 0 Å². The molecule has 0 radical (unpaired) electrons. The van der Waals surface area contributed by atoms with Gasteiger partial charge in [-0.15, -0.1) is 0 Å². The minimum absolute atomic E-state index is 0.0846. The summed E-state index contributed by atoms with van der Waals surface area (Å²) in [4.78, 5) is 13.8. The van der Waals surface area contributed by atoms with Crippen molar-refractivity contribution >= 4 is 5.91 Å². The second-order valence-electron chi connectivity index (χ2n) is 3.94. The Morgan fingerprint density at radius 2 is 2.12 bits per heavy atom. The highest BCUT2D eigenvalue weighted by molar-refractivity contribution is 5.77. The molecule has 0 bridgehead atoms. The molecule has 0 aliphatic carbocycles. The first-order valence-corrected chi connectivity index (χ1v) is 6.17. The summed E-state index contributed by atoms with van der Waals surface area (Å²) in [6.07, 6.45) is 3.09. The highest BCUT2D eigenvalue weighted by Crippen LogP contribution is 1.96. The highest BCUT2D eigenvalue weighted by Gasteiger charge is 2.08. The highest BCUT2D eigenvalue weighted by atomic mass is 16.2. The summed E-state index contributed by atoms with van der Waals surface area (Å²) in [5.41, 5.74) is 0. The number of likely N-dealkylation sites (N-methyl/N-ethyl adjacent to an activating group) is 1. The molecule has 0 unspecified atom stereocenters. The molecule has 0 saturated carbocycles. The average Bonchev–Trinajstić information content (AvgIpc) is 2.33.